The molecule has 0 fully saturated rings. The lowest BCUT2D eigenvalue weighted by Crippen LogP contribution is -2.00. The minimum Gasteiger partial charge on any atom is -0.481 e. The fourth-order valence-electron chi connectivity index (χ4n) is 1.69. The van der Waals surface area contributed by atoms with Crippen molar-refractivity contribution >= 4 is 5.69 Å². The molecule has 2 rings (SSSR count). The number of rotatable bonds is 4. The minimum absolute atomic E-state index is 0.146. The second-order valence-corrected chi connectivity index (χ2v) is 4.31. The molecule has 1 aromatic carbocycles. The Morgan fingerprint density at radius 1 is 0.900 bits per heavy atom. The summed E-state index contributed by atoms with van der Waals surface area (Å²) >= 11 is 0. The van der Waals surface area contributed by atoms with Crippen LogP contribution in [0.15, 0.2) is 18.2 Å². The number of nitrogens with two attached hydrogens (primary N) is 1. The monoisotopic (exact) mass is 275 g/mol. The van der Waals surface area contributed by atoms with Crippen LogP contribution in [0.1, 0.15) is 11.1 Å². The van der Waals surface area contributed by atoms with Crippen molar-refractivity contribution in [3.63, 3.8) is 0 Å². The Hall–Kier alpha value is -2.50. The van der Waals surface area contributed by atoms with E-state index in [1.165, 1.54) is 14.2 Å². The second-order valence-electron chi connectivity index (χ2n) is 4.31. The normalized spacial score (nSPS) is 10.2. The standard InChI is InChI=1S/C14H17N3O3/c1-8-5-9(2)11(6-10(8)15)20-14-16-12(18-3)7-13(17-14)19-4/h5-7H,15H2,1-4H3. The molecular formula is C14H17N3O3. The smallest absolute Gasteiger partial charge is 0.328 e. The summed E-state index contributed by atoms with van der Waals surface area (Å²) in [5.74, 6) is 1.33. The molecule has 0 radical (unpaired) electrons. The second kappa shape index (κ2) is 5.64. The third kappa shape index (κ3) is 2.90. The van der Waals surface area contributed by atoms with E-state index in [2.05, 4.69) is 9.97 Å². The van der Waals surface area contributed by atoms with Crippen LogP contribution < -0.4 is 19.9 Å². The summed E-state index contributed by atoms with van der Waals surface area (Å²) in [5, 5.41) is 0. The number of aromatic nitrogens is 2. The van der Waals surface area contributed by atoms with Crippen molar-refractivity contribution in [2.45, 2.75) is 13.8 Å². The number of benzene rings is 1. The van der Waals surface area contributed by atoms with E-state index in [0.29, 0.717) is 23.2 Å². The molecule has 0 amide bonds. The van der Waals surface area contributed by atoms with E-state index in [-0.39, 0.29) is 6.01 Å². The Bertz CT molecular complexity index is 607. The van der Waals surface area contributed by atoms with E-state index in [1.54, 1.807) is 12.1 Å². The number of aryl methyl sites for hydroxylation is 2. The highest BCUT2D eigenvalue weighted by molar-refractivity contribution is 5.54. The first kappa shape index (κ1) is 13.9. The lowest BCUT2D eigenvalue weighted by Gasteiger charge is -2.11. The van der Waals surface area contributed by atoms with E-state index in [9.17, 15) is 0 Å². The molecule has 0 bridgehead atoms. The van der Waals surface area contributed by atoms with Gasteiger partial charge in [-0.25, -0.2) is 0 Å². The van der Waals surface area contributed by atoms with Gasteiger partial charge in [-0.05, 0) is 25.0 Å². The number of nitrogen functional groups attached to an aromatic ring is 1. The van der Waals surface area contributed by atoms with Gasteiger partial charge in [0.05, 0.1) is 20.3 Å². The van der Waals surface area contributed by atoms with Crippen LogP contribution >= 0.6 is 0 Å². The van der Waals surface area contributed by atoms with Crippen molar-refractivity contribution in [1.82, 2.24) is 9.97 Å². The van der Waals surface area contributed by atoms with Gasteiger partial charge in [0.2, 0.25) is 11.8 Å². The van der Waals surface area contributed by atoms with Crippen molar-refractivity contribution in [2.24, 2.45) is 0 Å². The van der Waals surface area contributed by atoms with Crippen molar-refractivity contribution in [1.29, 1.82) is 0 Å². The van der Waals surface area contributed by atoms with Crippen LogP contribution in [0.4, 0.5) is 5.69 Å². The van der Waals surface area contributed by atoms with Crippen molar-refractivity contribution in [3.8, 4) is 23.5 Å². The Balaban J connectivity index is 2.36. The summed E-state index contributed by atoms with van der Waals surface area (Å²) < 4.78 is 15.8. The van der Waals surface area contributed by atoms with E-state index in [1.807, 2.05) is 19.9 Å². The molecule has 106 valence electrons. The fourth-order valence-corrected chi connectivity index (χ4v) is 1.69. The molecule has 2 aromatic rings. The van der Waals surface area contributed by atoms with Crippen molar-refractivity contribution in [2.75, 3.05) is 20.0 Å². The van der Waals surface area contributed by atoms with Crippen LogP contribution in [-0.4, -0.2) is 24.2 Å². The molecule has 0 atom stereocenters. The van der Waals surface area contributed by atoms with Gasteiger partial charge in [-0.15, -0.1) is 0 Å². The summed E-state index contributed by atoms with van der Waals surface area (Å²) in [5.41, 5.74) is 8.48. The van der Waals surface area contributed by atoms with Crippen LogP contribution in [0, 0.1) is 13.8 Å². The van der Waals surface area contributed by atoms with Crippen molar-refractivity contribution in [3.05, 3.63) is 29.3 Å². The topological polar surface area (TPSA) is 79.5 Å². The van der Waals surface area contributed by atoms with Gasteiger partial charge in [0.25, 0.3) is 0 Å². The zero-order chi connectivity index (χ0) is 14.7. The number of hydrogen-bond acceptors (Lipinski definition) is 6. The number of nitrogens with zero attached hydrogens (tertiary/aromatic N) is 2. The molecule has 6 heteroatoms. The predicted molar refractivity (Wildman–Crippen MR) is 75.5 cm³/mol. The third-order valence-corrected chi connectivity index (χ3v) is 2.84. The average Bonchev–Trinajstić information content (AvgIpc) is 2.44. The molecule has 0 aliphatic carbocycles. The third-order valence-electron chi connectivity index (χ3n) is 2.84. The maximum atomic E-state index is 5.89. The Morgan fingerprint density at radius 2 is 1.50 bits per heavy atom. The molecule has 2 N–H and O–H groups in total. The van der Waals surface area contributed by atoms with Gasteiger partial charge in [0, 0.05) is 11.8 Å². The maximum absolute atomic E-state index is 5.89. The maximum Gasteiger partial charge on any atom is 0.328 e. The van der Waals surface area contributed by atoms with Gasteiger partial charge in [-0.3, -0.25) is 0 Å². The van der Waals surface area contributed by atoms with Crippen LogP contribution in [0.5, 0.6) is 23.5 Å². The summed E-state index contributed by atoms with van der Waals surface area (Å²) in [7, 11) is 3.03. The first-order valence-corrected chi connectivity index (χ1v) is 6.05. The first-order valence-electron chi connectivity index (χ1n) is 6.05. The zero-order valence-corrected chi connectivity index (χ0v) is 11.9. The molecule has 1 heterocycles. The van der Waals surface area contributed by atoms with E-state index in [4.69, 9.17) is 19.9 Å². The van der Waals surface area contributed by atoms with Crippen LogP contribution in [0.2, 0.25) is 0 Å². The van der Waals surface area contributed by atoms with Gasteiger partial charge in [0.15, 0.2) is 0 Å². The Labute approximate surface area is 117 Å². The summed E-state index contributed by atoms with van der Waals surface area (Å²) in [6, 6.07) is 5.41. The molecular weight excluding hydrogens is 258 g/mol. The van der Waals surface area contributed by atoms with Gasteiger partial charge in [-0.1, -0.05) is 6.07 Å². The quantitative estimate of drug-likeness (QED) is 0.863. The largest absolute Gasteiger partial charge is 0.481 e. The van der Waals surface area contributed by atoms with Crippen LogP contribution in [0.25, 0.3) is 0 Å². The molecule has 0 unspecified atom stereocenters. The Morgan fingerprint density at radius 3 is 2.05 bits per heavy atom. The van der Waals surface area contributed by atoms with Gasteiger partial charge < -0.3 is 19.9 Å². The number of hydrogen-bond donors (Lipinski definition) is 1. The van der Waals surface area contributed by atoms with E-state index in [0.717, 1.165) is 11.1 Å². The molecule has 0 saturated heterocycles. The number of anilines is 1. The first-order chi connectivity index (χ1) is 9.53. The molecule has 6 nitrogen and oxygen atoms in total. The number of ether oxygens (including phenoxy) is 3. The van der Waals surface area contributed by atoms with E-state index >= 15 is 0 Å². The van der Waals surface area contributed by atoms with Gasteiger partial charge in [-0.2, -0.15) is 9.97 Å². The highest BCUT2D eigenvalue weighted by atomic mass is 16.5. The summed E-state index contributed by atoms with van der Waals surface area (Å²) in [4.78, 5) is 8.22. The fraction of sp³-hybridized carbons (Fsp3) is 0.286. The minimum atomic E-state index is 0.146. The molecule has 1 aromatic heterocycles. The summed E-state index contributed by atoms with van der Waals surface area (Å²) in [6.45, 7) is 3.87. The predicted octanol–water partition coefficient (Wildman–Crippen LogP) is 2.49. The van der Waals surface area contributed by atoms with Gasteiger partial charge >= 0.3 is 6.01 Å². The average molecular weight is 275 g/mol. The lowest BCUT2D eigenvalue weighted by molar-refractivity contribution is 0.347. The highest BCUT2D eigenvalue weighted by Crippen LogP contribution is 2.29. The Kier molecular flexibility index (Phi) is 3.93. The summed E-state index contributed by atoms with van der Waals surface area (Å²) in [6.07, 6.45) is 0. The molecule has 0 spiro atoms. The lowest BCUT2D eigenvalue weighted by atomic mass is 10.1. The molecule has 0 aliphatic rings. The van der Waals surface area contributed by atoms with Crippen LogP contribution in [0.3, 0.4) is 0 Å². The van der Waals surface area contributed by atoms with Gasteiger partial charge in [0.1, 0.15) is 5.75 Å². The highest BCUT2D eigenvalue weighted by Gasteiger charge is 2.10. The zero-order valence-electron chi connectivity index (χ0n) is 11.9. The molecule has 0 aliphatic heterocycles. The van der Waals surface area contributed by atoms with E-state index < -0.39 is 0 Å². The van der Waals surface area contributed by atoms with Crippen LogP contribution in [-0.2, 0) is 0 Å². The number of methoxy groups -OCH3 is 2. The SMILES string of the molecule is COc1cc(OC)nc(Oc2cc(N)c(C)cc2C)n1. The molecule has 20 heavy (non-hydrogen) atoms. The molecule has 0 saturated carbocycles. The van der Waals surface area contributed by atoms with Crippen molar-refractivity contribution < 1.29 is 14.2 Å².